The van der Waals surface area contributed by atoms with Gasteiger partial charge >= 0.3 is 0 Å². The number of imidazole rings is 1. The molecule has 2 aromatic carbocycles. The Labute approximate surface area is 134 Å². The van der Waals surface area contributed by atoms with Crippen molar-refractivity contribution in [3.63, 3.8) is 0 Å². The number of para-hydroxylation sites is 1. The highest BCUT2D eigenvalue weighted by Gasteiger charge is 2.50. The van der Waals surface area contributed by atoms with Crippen LogP contribution in [0.5, 0.6) is 5.75 Å². The fourth-order valence-corrected chi connectivity index (χ4v) is 3.21. The lowest BCUT2D eigenvalue weighted by Crippen LogP contribution is -2.47. The minimum Gasteiger partial charge on any atom is -0.468 e. The van der Waals surface area contributed by atoms with Crippen LogP contribution in [0.4, 0.5) is 0 Å². The van der Waals surface area contributed by atoms with Crippen molar-refractivity contribution in [3.8, 4) is 5.75 Å². The second-order valence-corrected chi connectivity index (χ2v) is 5.87. The quantitative estimate of drug-likeness (QED) is 0.726. The van der Waals surface area contributed by atoms with E-state index >= 15 is 0 Å². The maximum atomic E-state index is 13.3. The van der Waals surface area contributed by atoms with Gasteiger partial charge in [-0.2, -0.15) is 0 Å². The summed E-state index contributed by atoms with van der Waals surface area (Å²) in [5, 5.41) is 0. The molecule has 3 aromatic rings. The minimum absolute atomic E-state index is 0.0595. The van der Waals surface area contributed by atoms with E-state index in [1.165, 1.54) is 0 Å². The van der Waals surface area contributed by atoms with Crippen LogP contribution in [0.2, 0.25) is 0 Å². The van der Waals surface area contributed by atoms with E-state index in [4.69, 9.17) is 4.74 Å². The highest BCUT2D eigenvalue weighted by Crippen LogP contribution is 2.45. The Morgan fingerprint density at radius 1 is 1.09 bits per heavy atom. The van der Waals surface area contributed by atoms with Gasteiger partial charge in [0.05, 0.1) is 11.9 Å². The van der Waals surface area contributed by atoms with Crippen molar-refractivity contribution in [2.45, 2.75) is 18.6 Å². The summed E-state index contributed by atoms with van der Waals surface area (Å²) in [4.78, 5) is 17.4. The van der Waals surface area contributed by atoms with Crippen LogP contribution in [-0.4, -0.2) is 15.3 Å². The SMILES string of the molecule is CC1(c2ccccc2)C(=O)c2ccccc2OC1n1ccnc1. The van der Waals surface area contributed by atoms with Crippen molar-refractivity contribution in [3.05, 3.63) is 84.4 Å². The average Bonchev–Trinajstić information content (AvgIpc) is 3.13. The normalized spacial score (nSPS) is 23.2. The number of nitrogens with zero attached hydrogens (tertiary/aromatic N) is 2. The van der Waals surface area contributed by atoms with Crippen LogP contribution in [0.3, 0.4) is 0 Å². The topological polar surface area (TPSA) is 44.1 Å². The summed E-state index contributed by atoms with van der Waals surface area (Å²) in [6.45, 7) is 1.94. The Balaban J connectivity index is 1.95. The molecule has 0 saturated heterocycles. The molecule has 0 amide bonds. The predicted octanol–water partition coefficient (Wildman–Crippen LogP) is 3.61. The van der Waals surface area contributed by atoms with Crippen LogP contribution in [-0.2, 0) is 5.41 Å². The lowest BCUT2D eigenvalue weighted by molar-refractivity contribution is 0.0292. The molecule has 1 aliphatic rings. The first kappa shape index (κ1) is 13.8. The second-order valence-electron chi connectivity index (χ2n) is 5.87. The highest BCUT2D eigenvalue weighted by molar-refractivity contribution is 6.07. The lowest BCUT2D eigenvalue weighted by Gasteiger charge is -2.41. The molecule has 0 spiro atoms. The van der Waals surface area contributed by atoms with Gasteiger partial charge in [-0.25, -0.2) is 4.98 Å². The number of hydrogen-bond donors (Lipinski definition) is 0. The average molecular weight is 304 g/mol. The molecule has 2 unspecified atom stereocenters. The van der Waals surface area contributed by atoms with E-state index in [9.17, 15) is 4.79 Å². The predicted molar refractivity (Wildman–Crippen MR) is 86.5 cm³/mol. The van der Waals surface area contributed by atoms with Crippen molar-refractivity contribution in [2.75, 3.05) is 0 Å². The van der Waals surface area contributed by atoms with Crippen LogP contribution in [0.15, 0.2) is 73.3 Å². The number of ether oxygens (including phenoxy) is 1. The van der Waals surface area contributed by atoms with Crippen LogP contribution >= 0.6 is 0 Å². The number of rotatable bonds is 2. The zero-order valence-electron chi connectivity index (χ0n) is 12.7. The maximum absolute atomic E-state index is 13.3. The van der Waals surface area contributed by atoms with Crippen molar-refractivity contribution in [1.29, 1.82) is 0 Å². The van der Waals surface area contributed by atoms with Crippen LogP contribution in [0.25, 0.3) is 0 Å². The Hall–Kier alpha value is -2.88. The van der Waals surface area contributed by atoms with Crippen molar-refractivity contribution >= 4 is 5.78 Å². The molecule has 4 nitrogen and oxygen atoms in total. The van der Waals surface area contributed by atoms with Crippen molar-refractivity contribution in [1.82, 2.24) is 9.55 Å². The molecule has 4 rings (SSSR count). The third-order valence-electron chi connectivity index (χ3n) is 4.50. The van der Waals surface area contributed by atoms with Gasteiger partial charge in [-0.3, -0.25) is 4.79 Å². The third kappa shape index (κ3) is 1.99. The Morgan fingerprint density at radius 3 is 2.57 bits per heavy atom. The van der Waals surface area contributed by atoms with Gasteiger partial charge in [0.2, 0.25) is 0 Å². The number of carbonyl (C=O) groups excluding carboxylic acids is 1. The summed E-state index contributed by atoms with van der Waals surface area (Å²) in [6.07, 6.45) is 4.73. The zero-order valence-corrected chi connectivity index (χ0v) is 12.7. The van der Waals surface area contributed by atoms with Crippen molar-refractivity contribution in [2.24, 2.45) is 0 Å². The zero-order chi connectivity index (χ0) is 15.9. The first-order valence-corrected chi connectivity index (χ1v) is 7.54. The monoisotopic (exact) mass is 304 g/mol. The summed E-state index contributed by atoms with van der Waals surface area (Å²) in [5.74, 6) is 0.675. The van der Waals surface area contributed by atoms with Crippen LogP contribution < -0.4 is 4.74 Å². The fourth-order valence-electron chi connectivity index (χ4n) is 3.21. The van der Waals surface area contributed by atoms with Crippen molar-refractivity contribution < 1.29 is 9.53 Å². The smallest absolute Gasteiger partial charge is 0.193 e. The number of benzene rings is 2. The van der Waals surface area contributed by atoms with E-state index < -0.39 is 11.6 Å². The molecule has 2 atom stereocenters. The molecule has 0 saturated carbocycles. The molecule has 0 fully saturated rings. The molecule has 0 radical (unpaired) electrons. The largest absolute Gasteiger partial charge is 0.468 e. The van der Waals surface area contributed by atoms with E-state index in [1.54, 1.807) is 12.5 Å². The number of ketones is 1. The van der Waals surface area contributed by atoms with Gasteiger partial charge < -0.3 is 9.30 Å². The lowest BCUT2D eigenvalue weighted by atomic mass is 9.73. The molecule has 0 N–H and O–H groups in total. The molecule has 114 valence electrons. The number of hydrogen-bond acceptors (Lipinski definition) is 3. The van der Waals surface area contributed by atoms with E-state index in [1.807, 2.05) is 72.3 Å². The van der Waals surface area contributed by atoms with Gasteiger partial charge in [-0.15, -0.1) is 0 Å². The standard InChI is InChI=1S/C19H16N2O2/c1-19(14-7-3-2-4-8-14)17(22)15-9-5-6-10-16(15)23-18(19)21-12-11-20-13-21/h2-13,18H,1H3. The van der Waals surface area contributed by atoms with Gasteiger partial charge in [0.1, 0.15) is 11.2 Å². The first-order valence-electron chi connectivity index (χ1n) is 7.54. The van der Waals surface area contributed by atoms with Gasteiger partial charge in [-0.05, 0) is 24.6 Å². The molecule has 1 aliphatic heterocycles. The number of fused-ring (bicyclic) bond motifs is 1. The van der Waals surface area contributed by atoms with Gasteiger partial charge in [-0.1, -0.05) is 42.5 Å². The Kier molecular flexibility index (Phi) is 3.05. The van der Waals surface area contributed by atoms with Crippen LogP contribution in [0.1, 0.15) is 29.1 Å². The number of Topliss-reactive ketones (excluding diaryl/α,β-unsaturated/α-hetero) is 1. The molecular weight excluding hydrogens is 288 g/mol. The minimum atomic E-state index is -0.823. The summed E-state index contributed by atoms with van der Waals surface area (Å²) in [6, 6.07) is 17.2. The second kappa shape index (κ2) is 5.09. The summed E-state index contributed by atoms with van der Waals surface area (Å²) in [7, 11) is 0. The fraction of sp³-hybridized carbons (Fsp3) is 0.158. The number of aromatic nitrogens is 2. The van der Waals surface area contributed by atoms with Crippen LogP contribution in [0, 0.1) is 0 Å². The van der Waals surface area contributed by atoms with E-state index in [2.05, 4.69) is 4.98 Å². The van der Waals surface area contributed by atoms with E-state index in [0.717, 1.165) is 5.56 Å². The summed E-state index contributed by atoms with van der Waals surface area (Å²) >= 11 is 0. The molecular formula is C19H16N2O2. The Bertz CT molecular complexity index is 843. The molecule has 4 heteroatoms. The summed E-state index contributed by atoms with van der Waals surface area (Å²) < 4.78 is 8.07. The molecule has 0 bridgehead atoms. The molecule has 0 aliphatic carbocycles. The molecule has 1 aromatic heterocycles. The first-order chi connectivity index (χ1) is 11.2. The summed E-state index contributed by atoms with van der Waals surface area (Å²) in [5.41, 5.74) is 0.726. The van der Waals surface area contributed by atoms with Gasteiger partial charge in [0.25, 0.3) is 0 Å². The van der Waals surface area contributed by atoms with E-state index in [0.29, 0.717) is 11.3 Å². The highest BCUT2D eigenvalue weighted by atomic mass is 16.5. The van der Waals surface area contributed by atoms with E-state index in [-0.39, 0.29) is 5.78 Å². The van der Waals surface area contributed by atoms with Gasteiger partial charge in [0.15, 0.2) is 12.0 Å². The third-order valence-corrected chi connectivity index (χ3v) is 4.50. The molecule has 2 heterocycles. The maximum Gasteiger partial charge on any atom is 0.193 e. The molecule has 23 heavy (non-hydrogen) atoms. The van der Waals surface area contributed by atoms with Gasteiger partial charge in [0, 0.05) is 12.4 Å². The number of carbonyl (C=O) groups is 1. The Morgan fingerprint density at radius 2 is 1.83 bits per heavy atom.